The summed E-state index contributed by atoms with van der Waals surface area (Å²) in [4.78, 5) is 0.956. The quantitative estimate of drug-likeness (QED) is 0.354. The van der Waals surface area contributed by atoms with Crippen LogP contribution in [0.3, 0.4) is 0 Å². The molecule has 0 radical (unpaired) electrons. The number of alkyl halides is 3. The molecule has 2 aromatic carbocycles. The van der Waals surface area contributed by atoms with E-state index < -0.39 is 34.6 Å². The fourth-order valence-electron chi connectivity index (χ4n) is 4.58. The fraction of sp³-hybridized carbons (Fsp3) is 0.440. The third kappa shape index (κ3) is 6.80. The summed E-state index contributed by atoms with van der Waals surface area (Å²) in [6.45, 7) is -0.104. The second-order valence-corrected chi connectivity index (χ2v) is 10.6. The SMILES string of the molecule is COc1cc(S(N)(=O)=O)ccc1NCC#CC1Cc2c(NC3CCOCC3)cc(F)cc2N1CC(F)(F)F. The summed E-state index contributed by atoms with van der Waals surface area (Å²) >= 11 is 0. The van der Waals surface area contributed by atoms with Gasteiger partial charge >= 0.3 is 6.18 Å². The molecule has 2 aromatic rings. The Balaban J connectivity index is 1.54. The first-order chi connectivity index (χ1) is 17.9. The van der Waals surface area contributed by atoms with Crippen molar-refractivity contribution in [3.8, 4) is 17.6 Å². The molecule has 8 nitrogen and oxygen atoms in total. The van der Waals surface area contributed by atoms with Gasteiger partial charge in [0.2, 0.25) is 10.0 Å². The number of anilines is 3. The molecule has 2 heterocycles. The average Bonchev–Trinajstić information content (AvgIpc) is 3.17. The summed E-state index contributed by atoms with van der Waals surface area (Å²) < 4.78 is 88.6. The number of rotatable bonds is 7. The van der Waals surface area contributed by atoms with Crippen molar-refractivity contribution in [2.24, 2.45) is 5.14 Å². The largest absolute Gasteiger partial charge is 0.495 e. The van der Waals surface area contributed by atoms with E-state index in [0.29, 0.717) is 43.0 Å². The van der Waals surface area contributed by atoms with E-state index in [2.05, 4.69) is 22.5 Å². The Labute approximate surface area is 218 Å². The van der Waals surface area contributed by atoms with Gasteiger partial charge in [-0.15, -0.1) is 0 Å². The van der Waals surface area contributed by atoms with Crippen LogP contribution in [0.5, 0.6) is 5.75 Å². The summed E-state index contributed by atoms with van der Waals surface area (Å²) in [6, 6.07) is 5.66. The lowest BCUT2D eigenvalue weighted by Crippen LogP contribution is -2.39. The number of halogens is 4. The van der Waals surface area contributed by atoms with Gasteiger partial charge in [-0.2, -0.15) is 13.2 Å². The maximum absolute atomic E-state index is 14.5. The van der Waals surface area contributed by atoms with Gasteiger partial charge in [0.25, 0.3) is 0 Å². The van der Waals surface area contributed by atoms with Crippen molar-refractivity contribution >= 4 is 27.1 Å². The van der Waals surface area contributed by atoms with E-state index in [1.165, 1.54) is 31.4 Å². The van der Waals surface area contributed by atoms with E-state index in [1.54, 1.807) is 0 Å². The highest BCUT2D eigenvalue weighted by atomic mass is 32.2. The molecule has 0 amide bonds. The molecular formula is C25H28F4N4O4S. The Hall–Kier alpha value is -3.21. The van der Waals surface area contributed by atoms with Crippen LogP contribution in [0.1, 0.15) is 18.4 Å². The highest BCUT2D eigenvalue weighted by Gasteiger charge is 2.39. The second-order valence-electron chi connectivity index (χ2n) is 9.03. The molecule has 0 aliphatic carbocycles. The van der Waals surface area contributed by atoms with Gasteiger partial charge in [0.1, 0.15) is 18.1 Å². The number of fused-ring (bicyclic) bond motifs is 1. The third-order valence-electron chi connectivity index (χ3n) is 6.34. The summed E-state index contributed by atoms with van der Waals surface area (Å²) in [5.74, 6) is 5.30. The molecule has 4 N–H and O–H groups in total. The standard InChI is InChI=1S/C25H28F4N4O4S/c1-36-24-14-19(38(30,34)35)4-5-21(24)31-8-2-3-18-13-20-22(32-17-6-9-37-10-7-17)11-16(26)12-23(20)33(18)15-25(27,28)29/h4-5,11-12,14,17-18,31-32H,6-10,13,15H2,1H3,(H2,30,34,35). The zero-order valence-electron chi connectivity index (χ0n) is 20.6. The zero-order chi connectivity index (χ0) is 27.5. The third-order valence-corrected chi connectivity index (χ3v) is 7.25. The van der Waals surface area contributed by atoms with Gasteiger partial charge in [0.15, 0.2) is 0 Å². The number of primary sulfonamides is 1. The summed E-state index contributed by atoms with van der Waals surface area (Å²) in [5.41, 5.74) is 1.67. The molecule has 0 saturated carbocycles. The molecule has 0 spiro atoms. The van der Waals surface area contributed by atoms with E-state index in [4.69, 9.17) is 14.6 Å². The molecule has 1 atom stereocenters. The maximum Gasteiger partial charge on any atom is 0.405 e. The van der Waals surface area contributed by atoms with E-state index in [0.717, 1.165) is 11.0 Å². The van der Waals surface area contributed by atoms with E-state index in [-0.39, 0.29) is 35.3 Å². The van der Waals surface area contributed by atoms with Crippen LogP contribution in [0.2, 0.25) is 0 Å². The second kappa shape index (κ2) is 11.3. The number of nitrogens with one attached hydrogen (secondary N) is 2. The number of ether oxygens (including phenoxy) is 2. The fourth-order valence-corrected chi connectivity index (χ4v) is 5.10. The van der Waals surface area contributed by atoms with Crippen molar-refractivity contribution in [3.05, 3.63) is 41.7 Å². The van der Waals surface area contributed by atoms with E-state index in [1.807, 2.05) is 0 Å². The van der Waals surface area contributed by atoms with Gasteiger partial charge < -0.3 is 25.0 Å². The van der Waals surface area contributed by atoms with Crippen LogP contribution in [0.15, 0.2) is 35.2 Å². The van der Waals surface area contributed by atoms with Crippen LogP contribution in [0.4, 0.5) is 34.6 Å². The number of nitrogens with two attached hydrogens (primary N) is 1. The molecule has 2 aliphatic heterocycles. The predicted octanol–water partition coefficient (Wildman–Crippen LogP) is 3.48. The van der Waals surface area contributed by atoms with Gasteiger partial charge in [-0.3, -0.25) is 0 Å². The van der Waals surface area contributed by atoms with Gasteiger partial charge in [0, 0.05) is 48.7 Å². The Morgan fingerprint density at radius 2 is 1.92 bits per heavy atom. The molecular weight excluding hydrogens is 528 g/mol. The molecule has 1 unspecified atom stereocenters. The Bertz CT molecular complexity index is 1340. The average molecular weight is 557 g/mol. The topological polar surface area (TPSA) is 106 Å². The van der Waals surface area contributed by atoms with Crippen molar-refractivity contribution < 1.29 is 35.5 Å². The van der Waals surface area contributed by atoms with Crippen molar-refractivity contribution in [3.63, 3.8) is 0 Å². The van der Waals surface area contributed by atoms with E-state index in [9.17, 15) is 26.0 Å². The van der Waals surface area contributed by atoms with Crippen LogP contribution in [0, 0.1) is 17.7 Å². The van der Waals surface area contributed by atoms with Crippen LogP contribution in [-0.2, 0) is 21.2 Å². The van der Waals surface area contributed by atoms with Crippen LogP contribution in [-0.4, -0.2) is 60.1 Å². The minimum atomic E-state index is -4.52. The van der Waals surface area contributed by atoms with Crippen molar-refractivity contribution in [1.82, 2.24) is 0 Å². The number of hydrogen-bond donors (Lipinski definition) is 3. The minimum absolute atomic E-state index is 0.0377. The van der Waals surface area contributed by atoms with Gasteiger partial charge in [-0.1, -0.05) is 11.8 Å². The smallest absolute Gasteiger partial charge is 0.405 e. The van der Waals surface area contributed by atoms with Gasteiger partial charge in [-0.25, -0.2) is 17.9 Å². The summed E-state index contributed by atoms with van der Waals surface area (Å²) in [5, 5.41) is 11.4. The first kappa shape index (κ1) is 27.8. The first-order valence-corrected chi connectivity index (χ1v) is 13.4. The monoisotopic (exact) mass is 556 g/mol. The zero-order valence-corrected chi connectivity index (χ0v) is 21.4. The molecule has 1 fully saturated rings. The van der Waals surface area contributed by atoms with E-state index >= 15 is 0 Å². The number of nitrogens with zero attached hydrogens (tertiary/aromatic N) is 1. The molecule has 0 bridgehead atoms. The van der Waals surface area contributed by atoms with Crippen molar-refractivity contribution in [2.45, 2.75) is 42.4 Å². The maximum atomic E-state index is 14.5. The number of sulfonamides is 1. The number of methoxy groups -OCH3 is 1. The molecule has 2 aliphatic rings. The highest BCUT2D eigenvalue weighted by Crippen LogP contribution is 2.40. The molecule has 4 rings (SSSR count). The van der Waals surface area contributed by atoms with Crippen LogP contribution < -0.4 is 25.4 Å². The normalized spacial score (nSPS) is 17.9. The first-order valence-electron chi connectivity index (χ1n) is 11.9. The molecule has 0 aromatic heterocycles. The number of benzene rings is 2. The summed E-state index contributed by atoms with van der Waals surface area (Å²) in [7, 11) is -2.57. The van der Waals surface area contributed by atoms with Gasteiger partial charge in [0.05, 0.1) is 30.3 Å². The molecule has 38 heavy (non-hydrogen) atoms. The highest BCUT2D eigenvalue weighted by molar-refractivity contribution is 7.89. The van der Waals surface area contributed by atoms with Crippen molar-refractivity contribution in [2.75, 3.05) is 48.9 Å². The predicted molar refractivity (Wildman–Crippen MR) is 135 cm³/mol. The molecule has 1 saturated heterocycles. The van der Waals surface area contributed by atoms with Crippen LogP contribution in [0.25, 0.3) is 0 Å². The lowest BCUT2D eigenvalue weighted by atomic mass is 10.0. The lowest BCUT2D eigenvalue weighted by molar-refractivity contribution is -0.120. The minimum Gasteiger partial charge on any atom is -0.495 e. The van der Waals surface area contributed by atoms with Crippen molar-refractivity contribution in [1.29, 1.82) is 0 Å². The Morgan fingerprint density at radius 3 is 2.58 bits per heavy atom. The Kier molecular flexibility index (Phi) is 8.25. The molecule has 206 valence electrons. The number of hydrogen-bond acceptors (Lipinski definition) is 7. The summed E-state index contributed by atoms with van der Waals surface area (Å²) in [6.07, 6.45) is -2.89. The van der Waals surface area contributed by atoms with Gasteiger partial charge in [-0.05, 0) is 37.1 Å². The molecule has 13 heteroatoms. The Morgan fingerprint density at radius 1 is 1.18 bits per heavy atom. The lowest BCUT2D eigenvalue weighted by Gasteiger charge is -2.27. The van der Waals surface area contributed by atoms with Crippen LogP contribution >= 0.6 is 0 Å².